The smallest absolute Gasteiger partial charge is 0.348 e. The number of furan rings is 1. The SMILES string of the molecule is O=C(COC(=O)c1ccc(Cl)s1)NC(=O)NCc1ccco1. The summed E-state index contributed by atoms with van der Waals surface area (Å²) in [4.78, 5) is 34.7. The molecule has 2 rings (SSSR count). The molecule has 3 amide bonds. The van der Waals surface area contributed by atoms with Crippen LogP contribution in [0.2, 0.25) is 4.34 Å². The molecule has 0 radical (unpaired) electrons. The zero-order chi connectivity index (χ0) is 15.9. The second-order valence-electron chi connectivity index (χ2n) is 3.99. The molecular weight excluding hydrogens is 332 g/mol. The Labute approximate surface area is 134 Å². The topological polar surface area (TPSA) is 97.6 Å². The zero-order valence-electron chi connectivity index (χ0n) is 11.1. The Morgan fingerprint density at radius 1 is 1.27 bits per heavy atom. The van der Waals surface area contributed by atoms with Crippen molar-refractivity contribution in [3.8, 4) is 0 Å². The molecule has 0 unspecified atom stereocenters. The van der Waals surface area contributed by atoms with E-state index in [0.29, 0.717) is 10.1 Å². The molecule has 22 heavy (non-hydrogen) atoms. The number of amides is 3. The first-order valence-corrected chi connectivity index (χ1v) is 7.26. The average Bonchev–Trinajstić information content (AvgIpc) is 3.14. The van der Waals surface area contributed by atoms with Crippen LogP contribution >= 0.6 is 22.9 Å². The maximum Gasteiger partial charge on any atom is 0.348 e. The van der Waals surface area contributed by atoms with Crippen LogP contribution in [0.25, 0.3) is 0 Å². The number of imide groups is 1. The van der Waals surface area contributed by atoms with Crippen molar-refractivity contribution in [2.45, 2.75) is 6.54 Å². The van der Waals surface area contributed by atoms with Gasteiger partial charge in [-0.1, -0.05) is 11.6 Å². The lowest BCUT2D eigenvalue weighted by Crippen LogP contribution is -2.41. The van der Waals surface area contributed by atoms with Gasteiger partial charge in [0.1, 0.15) is 10.6 Å². The number of rotatable bonds is 5. The summed E-state index contributed by atoms with van der Waals surface area (Å²) in [7, 11) is 0. The van der Waals surface area contributed by atoms with Crippen LogP contribution in [-0.2, 0) is 16.1 Å². The quantitative estimate of drug-likeness (QED) is 0.811. The second kappa shape index (κ2) is 7.62. The Balaban J connectivity index is 1.68. The highest BCUT2D eigenvalue weighted by molar-refractivity contribution is 7.17. The summed E-state index contributed by atoms with van der Waals surface area (Å²) in [5.41, 5.74) is 0. The lowest BCUT2D eigenvalue weighted by Gasteiger charge is -2.06. The monoisotopic (exact) mass is 342 g/mol. The van der Waals surface area contributed by atoms with E-state index in [4.69, 9.17) is 20.8 Å². The number of hydrogen-bond acceptors (Lipinski definition) is 6. The molecule has 0 saturated heterocycles. The maximum absolute atomic E-state index is 11.6. The van der Waals surface area contributed by atoms with Gasteiger partial charge in [-0.25, -0.2) is 9.59 Å². The van der Waals surface area contributed by atoms with E-state index in [9.17, 15) is 14.4 Å². The summed E-state index contributed by atoms with van der Waals surface area (Å²) >= 11 is 6.72. The van der Waals surface area contributed by atoms with Gasteiger partial charge in [-0.05, 0) is 24.3 Å². The largest absolute Gasteiger partial charge is 0.467 e. The summed E-state index contributed by atoms with van der Waals surface area (Å²) in [6, 6.07) is 5.68. The normalized spacial score (nSPS) is 10.0. The first kappa shape index (κ1) is 16.1. The molecule has 2 N–H and O–H groups in total. The van der Waals surface area contributed by atoms with Crippen LogP contribution in [0.4, 0.5) is 4.79 Å². The minimum absolute atomic E-state index is 0.138. The fraction of sp³-hybridized carbons (Fsp3) is 0.154. The highest BCUT2D eigenvalue weighted by Gasteiger charge is 2.14. The third-order valence-electron chi connectivity index (χ3n) is 2.36. The summed E-state index contributed by atoms with van der Waals surface area (Å²) in [6.07, 6.45) is 1.47. The van der Waals surface area contributed by atoms with Gasteiger partial charge in [-0.15, -0.1) is 11.3 Å². The van der Waals surface area contributed by atoms with Gasteiger partial charge in [0.15, 0.2) is 6.61 Å². The standard InChI is InChI=1S/C13H11ClN2O5S/c14-10-4-3-9(22-10)12(18)21-7-11(17)16-13(19)15-6-8-2-1-5-20-8/h1-5H,6-7H2,(H2,15,16,17,19). The molecule has 0 saturated carbocycles. The predicted molar refractivity (Wildman–Crippen MR) is 78.7 cm³/mol. The minimum Gasteiger partial charge on any atom is -0.467 e. The molecule has 2 heterocycles. The van der Waals surface area contributed by atoms with Crippen molar-refractivity contribution in [2.75, 3.05) is 6.61 Å². The number of urea groups is 1. The van der Waals surface area contributed by atoms with Crippen molar-refractivity contribution >= 4 is 40.8 Å². The third kappa shape index (κ3) is 4.90. The van der Waals surface area contributed by atoms with Gasteiger partial charge in [-0.2, -0.15) is 0 Å². The van der Waals surface area contributed by atoms with Crippen LogP contribution in [0.3, 0.4) is 0 Å². The number of thiophene rings is 1. The van der Waals surface area contributed by atoms with Crippen molar-refractivity contribution in [1.29, 1.82) is 0 Å². The number of esters is 1. The van der Waals surface area contributed by atoms with Crippen LogP contribution in [0.5, 0.6) is 0 Å². The molecule has 0 atom stereocenters. The molecule has 7 nitrogen and oxygen atoms in total. The van der Waals surface area contributed by atoms with E-state index < -0.39 is 24.5 Å². The van der Waals surface area contributed by atoms with Crippen LogP contribution < -0.4 is 10.6 Å². The molecule has 9 heteroatoms. The molecule has 0 aromatic carbocycles. The van der Waals surface area contributed by atoms with Gasteiger partial charge in [-0.3, -0.25) is 10.1 Å². The number of nitrogens with one attached hydrogen (secondary N) is 2. The molecule has 2 aromatic heterocycles. The fourth-order valence-corrected chi connectivity index (χ4v) is 2.35. The summed E-state index contributed by atoms with van der Waals surface area (Å²) in [5.74, 6) is -0.875. The van der Waals surface area contributed by atoms with Crippen LogP contribution in [0.1, 0.15) is 15.4 Å². The van der Waals surface area contributed by atoms with Crippen LogP contribution in [0, 0.1) is 0 Å². The highest BCUT2D eigenvalue weighted by atomic mass is 35.5. The van der Waals surface area contributed by atoms with E-state index in [1.165, 1.54) is 12.3 Å². The lowest BCUT2D eigenvalue weighted by molar-refractivity contribution is -0.123. The Kier molecular flexibility index (Phi) is 5.56. The lowest BCUT2D eigenvalue weighted by atomic mass is 10.4. The molecule has 0 spiro atoms. The van der Waals surface area contributed by atoms with E-state index in [1.54, 1.807) is 18.2 Å². The van der Waals surface area contributed by atoms with Crippen molar-refractivity contribution in [1.82, 2.24) is 10.6 Å². The van der Waals surface area contributed by atoms with E-state index in [2.05, 4.69) is 5.32 Å². The van der Waals surface area contributed by atoms with Crippen molar-refractivity contribution in [3.05, 3.63) is 45.5 Å². The third-order valence-corrected chi connectivity index (χ3v) is 3.58. The second-order valence-corrected chi connectivity index (χ2v) is 5.71. The molecule has 0 fully saturated rings. The number of carbonyl (C=O) groups is 3. The fourth-order valence-electron chi connectivity index (χ4n) is 1.41. The van der Waals surface area contributed by atoms with Crippen molar-refractivity contribution in [3.63, 3.8) is 0 Å². The summed E-state index contributed by atoms with van der Waals surface area (Å²) in [6.45, 7) is -0.428. The number of ether oxygens (including phenoxy) is 1. The Morgan fingerprint density at radius 3 is 2.73 bits per heavy atom. The van der Waals surface area contributed by atoms with E-state index in [0.717, 1.165) is 11.3 Å². The molecule has 0 aliphatic carbocycles. The minimum atomic E-state index is -0.743. The Bertz CT molecular complexity index is 668. The first-order valence-electron chi connectivity index (χ1n) is 6.07. The van der Waals surface area contributed by atoms with Gasteiger partial charge in [0, 0.05) is 0 Å². The van der Waals surface area contributed by atoms with Gasteiger partial charge >= 0.3 is 12.0 Å². The Hall–Kier alpha value is -2.32. The molecule has 2 aromatic rings. The molecule has 116 valence electrons. The van der Waals surface area contributed by atoms with Gasteiger partial charge in [0.2, 0.25) is 0 Å². The van der Waals surface area contributed by atoms with Gasteiger partial charge in [0.25, 0.3) is 5.91 Å². The van der Waals surface area contributed by atoms with Crippen molar-refractivity contribution in [2.24, 2.45) is 0 Å². The maximum atomic E-state index is 11.6. The number of halogens is 1. The number of carbonyl (C=O) groups excluding carboxylic acids is 3. The Morgan fingerprint density at radius 2 is 2.09 bits per heavy atom. The predicted octanol–water partition coefficient (Wildman–Crippen LogP) is 2.18. The zero-order valence-corrected chi connectivity index (χ0v) is 12.7. The molecule has 0 aliphatic rings. The average molecular weight is 343 g/mol. The molecule has 0 bridgehead atoms. The number of hydrogen-bond donors (Lipinski definition) is 2. The molecule has 0 aliphatic heterocycles. The summed E-state index contributed by atoms with van der Waals surface area (Å²) in [5, 5.41) is 4.44. The van der Waals surface area contributed by atoms with E-state index in [1.807, 2.05) is 5.32 Å². The van der Waals surface area contributed by atoms with E-state index >= 15 is 0 Å². The molecular formula is C13H11ClN2O5S. The van der Waals surface area contributed by atoms with Crippen LogP contribution in [0.15, 0.2) is 34.9 Å². The van der Waals surface area contributed by atoms with Crippen molar-refractivity contribution < 1.29 is 23.5 Å². The summed E-state index contributed by atoms with van der Waals surface area (Å²) < 4.78 is 10.2. The van der Waals surface area contributed by atoms with Crippen LogP contribution in [-0.4, -0.2) is 24.5 Å². The highest BCUT2D eigenvalue weighted by Crippen LogP contribution is 2.21. The van der Waals surface area contributed by atoms with Gasteiger partial charge in [0.05, 0.1) is 17.1 Å². The van der Waals surface area contributed by atoms with E-state index in [-0.39, 0.29) is 11.4 Å². The first-order chi connectivity index (χ1) is 10.5. The van der Waals surface area contributed by atoms with Gasteiger partial charge < -0.3 is 14.5 Å².